The van der Waals surface area contributed by atoms with Crippen molar-refractivity contribution in [2.24, 2.45) is 0 Å². The number of nitrogens with zero attached hydrogens (tertiary/aromatic N) is 1. The molecule has 0 aliphatic heterocycles. The van der Waals surface area contributed by atoms with Crippen molar-refractivity contribution < 1.29 is 4.74 Å². The summed E-state index contributed by atoms with van der Waals surface area (Å²) in [4.78, 5) is 2.15. The Bertz CT molecular complexity index is 75.5. The van der Waals surface area contributed by atoms with Crippen LogP contribution in [0.25, 0.3) is 0 Å². The van der Waals surface area contributed by atoms with E-state index in [1.54, 1.807) is 7.11 Å². The molecular formula is C7H17NO. The minimum absolute atomic E-state index is 0.218. The zero-order chi connectivity index (χ0) is 7.49. The van der Waals surface area contributed by atoms with E-state index in [1.165, 1.54) is 0 Å². The van der Waals surface area contributed by atoms with Gasteiger partial charge in [-0.1, -0.05) is 0 Å². The molecule has 0 aliphatic carbocycles. The molecule has 2 nitrogen and oxygen atoms in total. The number of hydrogen-bond donors (Lipinski definition) is 0. The van der Waals surface area contributed by atoms with Gasteiger partial charge in [0.25, 0.3) is 0 Å². The smallest absolute Gasteiger partial charge is 0.0988 e. The molecule has 0 unspecified atom stereocenters. The maximum Gasteiger partial charge on any atom is 0.0988 e. The fraction of sp³-hybridized carbons (Fsp3) is 1.00. The molecule has 0 aromatic carbocycles. The molecule has 0 saturated carbocycles. The maximum atomic E-state index is 4.96. The van der Waals surface area contributed by atoms with Crippen LogP contribution in [0.5, 0.6) is 0 Å². The third-order valence-corrected chi connectivity index (χ3v) is 1.47. The van der Waals surface area contributed by atoms with E-state index in [9.17, 15) is 0 Å². The van der Waals surface area contributed by atoms with Gasteiger partial charge in [-0.25, -0.2) is 0 Å². The van der Waals surface area contributed by atoms with Gasteiger partial charge in [-0.15, -0.1) is 0 Å². The molecule has 0 heterocycles. The average molecular weight is 131 g/mol. The van der Waals surface area contributed by atoms with Crippen LogP contribution >= 0.6 is 0 Å². The van der Waals surface area contributed by atoms with Crippen LogP contribution in [0.2, 0.25) is 0 Å². The predicted molar refractivity (Wildman–Crippen MR) is 39.4 cm³/mol. The Kier molecular flexibility index (Phi) is 3.15. The molecule has 0 spiro atoms. The first-order chi connectivity index (χ1) is 3.98. The van der Waals surface area contributed by atoms with E-state index in [1.807, 2.05) is 7.05 Å². The van der Waals surface area contributed by atoms with Crippen LogP contribution in [-0.2, 0) is 4.74 Å². The van der Waals surface area contributed by atoms with Crippen LogP contribution in [0.4, 0.5) is 0 Å². The molecule has 0 aromatic heterocycles. The molecule has 2 heteroatoms. The number of hydrogen-bond acceptors (Lipinski definition) is 2. The Hall–Kier alpha value is -0.0800. The van der Waals surface area contributed by atoms with Crippen LogP contribution in [-0.4, -0.2) is 31.3 Å². The van der Waals surface area contributed by atoms with Crippen LogP contribution in [0.1, 0.15) is 20.8 Å². The molecule has 0 aromatic rings. The second kappa shape index (κ2) is 3.18. The third-order valence-electron chi connectivity index (χ3n) is 1.47. The first kappa shape index (κ1) is 8.92. The molecule has 0 fully saturated rings. The molecule has 0 aliphatic rings. The Morgan fingerprint density at radius 1 is 1.33 bits per heavy atom. The molecule has 9 heavy (non-hydrogen) atoms. The Morgan fingerprint density at radius 2 is 1.78 bits per heavy atom. The number of methoxy groups -OCH3 is 1. The van der Waals surface area contributed by atoms with E-state index < -0.39 is 0 Å². The fourth-order valence-electron chi connectivity index (χ4n) is 0.387. The van der Waals surface area contributed by atoms with Gasteiger partial charge in [0.2, 0.25) is 0 Å². The molecule has 0 N–H and O–H groups in total. The average Bonchev–Trinajstić information content (AvgIpc) is 1.64. The largest absolute Gasteiger partial charge is 0.369 e. The van der Waals surface area contributed by atoms with Crippen molar-refractivity contribution in [3.8, 4) is 0 Å². The van der Waals surface area contributed by atoms with Crippen molar-refractivity contribution in [2.75, 3.05) is 20.9 Å². The predicted octanol–water partition coefficient (Wildman–Crippen LogP) is 1.32. The van der Waals surface area contributed by atoms with Gasteiger partial charge >= 0.3 is 0 Å². The summed E-state index contributed by atoms with van der Waals surface area (Å²) in [5.41, 5.74) is 0.218. The van der Waals surface area contributed by atoms with Gasteiger partial charge in [0.05, 0.1) is 6.73 Å². The minimum Gasteiger partial charge on any atom is -0.369 e. The van der Waals surface area contributed by atoms with Gasteiger partial charge in [-0.3, -0.25) is 4.90 Å². The lowest BCUT2D eigenvalue weighted by Crippen LogP contribution is -2.39. The van der Waals surface area contributed by atoms with Gasteiger partial charge in [-0.05, 0) is 27.8 Å². The van der Waals surface area contributed by atoms with E-state index in [-0.39, 0.29) is 5.54 Å². The SMILES string of the molecule is COCN(C)C(C)(C)C. The van der Waals surface area contributed by atoms with Gasteiger partial charge in [0, 0.05) is 12.6 Å². The Balaban J connectivity index is 3.59. The fourth-order valence-corrected chi connectivity index (χ4v) is 0.387. The lowest BCUT2D eigenvalue weighted by Gasteiger charge is -2.30. The summed E-state index contributed by atoms with van der Waals surface area (Å²) in [6, 6.07) is 0. The van der Waals surface area contributed by atoms with Crippen molar-refractivity contribution in [2.45, 2.75) is 26.3 Å². The second-order valence-electron chi connectivity index (χ2n) is 3.29. The van der Waals surface area contributed by atoms with Crippen molar-refractivity contribution in [1.29, 1.82) is 0 Å². The third kappa shape index (κ3) is 3.49. The topological polar surface area (TPSA) is 12.5 Å². The first-order valence-electron chi connectivity index (χ1n) is 3.18. The number of ether oxygens (including phenoxy) is 1. The van der Waals surface area contributed by atoms with Gasteiger partial charge in [0.1, 0.15) is 0 Å². The van der Waals surface area contributed by atoms with Crippen molar-refractivity contribution >= 4 is 0 Å². The highest BCUT2D eigenvalue weighted by molar-refractivity contribution is 4.69. The summed E-state index contributed by atoms with van der Waals surface area (Å²) in [5.74, 6) is 0. The van der Waals surface area contributed by atoms with E-state index in [2.05, 4.69) is 25.7 Å². The van der Waals surface area contributed by atoms with Crippen LogP contribution in [0, 0.1) is 0 Å². The summed E-state index contributed by atoms with van der Waals surface area (Å²) in [6.07, 6.45) is 0. The summed E-state index contributed by atoms with van der Waals surface area (Å²) in [5, 5.41) is 0. The highest BCUT2D eigenvalue weighted by atomic mass is 16.5. The molecule has 0 saturated heterocycles. The second-order valence-corrected chi connectivity index (χ2v) is 3.29. The molecular weight excluding hydrogens is 114 g/mol. The molecule has 56 valence electrons. The lowest BCUT2D eigenvalue weighted by atomic mass is 10.1. The van der Waals surface area contributed by atoms with Gasteiger partial charge in [-0.2, -0.15) is 0 Å². The van der Waals surface area contributed by atoms with Crippen molar-refractivity contribution in [3.05, 3.63) is 0 Å². The molecule has 0 radical (unpaired) electrons. The quantitative estimate of drug-likeness (QED) is 0.524. The normalized spacial score (nSPS) is 12.7. The van der Waals surface area contributed by atoms with Crippen molar-refractivity contribution in [1.82, 2.24) is 4.90 Å². The lowest BCUT2D eigenvalue weighted by molar-refractivity contribution is 0.0263. The zero-order valence-electron chi connectivity index (χ0n) is 7.06. The van der Waals surface area contributed by atoms with E-state index in [0.717, 1.165) is 0 Å². The standard InChI is InChI=1S/C7H17NO/c1-7(2,3)8(4)6-9-5/h6H2,1-5H3. The highest BCUT2D eigenvalue weighted by Gasteiger charge is 2.15. The summed E-state index contributed by atoms with van der Waals surface area (Å²) in [6.45, 7) is 7.17. The monoisotopic (exact) mass is 131 g/mol. The molecule has 0 atom stereocenters. The zero-order valence-corrected chi connectivity index (χ0v) is 7.06. The summed E-state index contributed by atoms with van der Waals surface area (Å²) in [7, 11) is 3.76. The Labute approximate surface area is 57.8 Å². The maximum absolute atomic E-state index is 4.96. The van der Waals surface area contributed by atoms with Crippen LogP contribution in [0.15, 0.2) is 0 Å². The van der Waals surface area contributed by atoms with Crippen LogP contribution in [0.3, 0.4) is 0 Å². The Morgan fingerprint density at radius 3 is 1.89 bits per heavy atom. The van der Waals surface area contributed by atoms with Crippen LogP contribution < -0.4 is 0 Å². The highest BCUT2D eigenvalue weighted by Crippen LogP contribution is 2.08. The van der Waals surface area contributed by atoms with Gasteiger partial charge in [0.15, 0.2) is 0 Å². The molecule has 0 bridgehead atoms. The minimum atomic E-state index is 0.218. The van der Waals surface area contributed by atoms with Gasteiger partial charge < -0.3 is 4.74 Å². The molecule has 0 amide bonds. The molecule has 0 rings (SSSR count). The van der Waals surface area contributed by atoms with E-state index in [0.29, 0.717) is 6.73 Å². The van der Waals surface area contributed by atoms with Crippen molar-refractivity contribution in [3.63, 3.8) is 0 Å². The number of rotatable bonds is 2. The summed E-state index contributed by atoms with van der Waals surface area (Å²) >= 11 is 0. The van der Waals surface area contributed by atoms with E-state index >= 15 is 0 Å². The first-order valence-corrected chi connectivity index (χ1v) is 3.18. The summed E-state index contributed by atoms with van der Waals surface area (Å²) < 4.78 is 4.96. The van der Waals surface area contributed by atoms with E-state index in [4.69, 9.17) is 4.74 Å².